The molecule has 0 radical (unpaired) electrons. The highest BCUT2D eigenvalue weighted by Crippen LogP contribution is 2.26. The number of amides is 1. The quantitative estimate of drug-likeness (QED) is 0.846. The summed E-state index contributed by atoms with van der Waals surface area (Å²) in [7, 11) is 1.68. The van der Waals surface area contributed by atoms with Crippen LogP contribution in [-0.4, -0.2) is 26.2 Å². The molecule has 1 N–H and O–H groups in total. The molecule has 1 fully saturated rings. The van der Waals surface area contributed by atoms with Crippen LogP contribution in [0.1, 0.15) is 43.2 Å². The summed E-state index contributed by atoms with van der Waals surface area (Å²) in [6, 6.07) is 12.1. The molecule has 2 aromatic rings. The number of anilines is 1. The first-order chi connectivity index (χ1) is 11.7. The maximum Gasteiger partial charge on any atom is 0.227 e. The van der Waals surface area contributed by atoms with Crippen molar-refractivity contribution < 1.29 is 13.9 Å². The molecule has 3 rings (SSSR count). The van der Waals surface area contributed by atoms with Gasteiger partial charge in [0.05, 0.1) is 18.9 Å². The summed E-state index contributed by atoms with van der Waals surface area (Å²) in [5.41, 5.74) is 2.12. The van der Waals surface area contributed by atoms with Crippen molar-refractivity contribution in [1.82, 2.24) is 5.32 Å². The third-order valence-electron chi connectivity index (χ3n) is 4.43. The molecule has 1 amide bonds. The number of hydrogen-bond acceptors (Lipinski definition) is 4. The Kier molecular flexibility index (Phi) is 5.33. The van der Waals surface area contributed by atoms with E-state index in [0.29, 0.717) is 13.0 Å². The Bertz CT molecular complexity index is 669. The molecule has 0 unspecified atom stereocenters. The van der Waals surface area contributed by atoms with Crippen molar-refractivity contribution >= 4 is 11.6 Å². The molecule has 1 saturated heterocycles. The molecule has 2 atom stereocenters. The monoisotopic (exact) mass is 328 g/mol. The lowest BCUT2D eigenvalue weighted by Crippen LogP contribution is -2.28. The second-order valence-electron chi connectivity index (χ2n) is 6.16. The van der Waals surface area contributed by atoms with E-state index >= 15 is 0 Å². The normalized spacial score (nSPS) is 17.2. The van der Waals surface area contributed by atoms with E-state index in [4.69, 9.17) is 9.15 Å². The van der Waals surface area contributed by atoms with Gasteiger partial charge in [-0.05, 0) is 43.2 Å². The van der Waals surface area contributed by atoms with Crippen LogP contribution in [0.4, 0.5) is 5.69 Å². The number of carbonyl (C=O) groups excluding carboxylic acids is 1. The van der Waals surface area contributed by atoms with Crippen molar-refractivity contribution in [3.05, 3.63) is 54.0 Å². The average Bonchev–Trinajstić information content (AvgIpc) is 3.26. The molecular formula is C19H24N2O3. The van der Waals surface area contributed by atoms with Crippen LogP contribution in [0.15, 0.2) is 47.1 Å². The third-order valence-corrected chi connectivity index (χ3v) is 4.43. The molecule has 24 heavy (non-hydrogen) atoms. The van der Waals surface area contributed by atoms with Crippen LogP contribution in [0.25, 0.3) is 0 Å². The zero-order valence-electron chi connectivity index (χ0n) is 14.2. The molecule has 1 aromatic carbocycles. The number of hydrogen-bond donors (Lipinski definition) is 1. The van der Waals surface area contributed by atoms with E-state index in [1.54, 1.807) is 13.4 Å². The van der Waals surface area contributed by atoms with Gasteiger partial charge in [-0.2, -0.15) is 0 Å². The van der Waals surface area contributed by atoms with Crippen LogP contribution in [-0.2, 0) is 9.53 Å². The number of methoxy groups -OCH3 is 1. The molecule has 0 saturated carbocycles. The summed E-state index contributed by atoms with van der Waals surface area (Å²) >= 11 is 0. The first kappa shape index (κ1) is 16.7. The minimum absolute atomic E-state index is 0.0166. The highest BCUT2D eigenvalue weighted by molar-refractivity contribution is 5.95. The molecule has 1 aliphatic rings. The molecule has 128 valence electrons. The summed E-state index contributed by atoms with van der Waals surface area (Å²) in [6.45, 7) is 3.45. The first-order valence-electron chi connectivity index (χ1n) is 8.37. The molecule has 5 nitrogen and oxygen atoms in total. The molecule has 1 aromatic heterocycles. The smallest absolute Gasteiger partial charge is 0.227 e. The zero-order valence-corrected chi connectivity index (χ0v) is 14.2. The van der Waals surface area contributed by atoms with Gasteiger partial charge in [-0.15, -0.1) is 0 Å². The number of nitrogens with one attached hydrogen (secondary N) is 1. The van der Waals surface area contributed by atoms with Gasteiger partial charge in [0.25, 0.3) is 0 Å². The fourth-order valence-electron chi connectivity index (χ4n) is 3.15. The van der Waals surface area contributed by atoms with Gasteiger partial charge in [-0.3, -0.25) is 10.1 Å². The number of nitrogens with zero attached hydrogens (tertiary/aromatic N) is 1. The molecule has 0 bridgehead atoms. The number of furan rings is 1. The minimum atomic E-state index is -0.0166. The largest absolute Gasteiger partial charge is 0.468 e. The Hall–Kier alpha value is -2.11. The zero-order chi connectivity index (χ0) is 16.9. The first-order valence-corrected chi connectivity index (χ1v) is 8.37. The average molecular weight is 328 g/mol. The highest BCUT2D eigenvalue weighted by Gasteiger charge is 2.23. The van der Waals surface area contributed by atoms with Crippen molar-refractivity contribution in [2.45, 2.75) is 31.8 Å². The van der Waals surface area contributed by atoms with Gasteiger partial charge < -0.3 is 14.1 Å². The Labute approximate surface area is 142 Å². The van der Waals surface area contributed by atoms with Gasteiger partial charge >= 0.3 is 0 Å². The van der Waals surface area contributed by atoms with Gasteiger partial charge in [0, 0.05) is 31.8 Å². The predicted molar refractivity (Wildman–Crippen MR) is 92.9 cm³/mol. The lowest BCUT2D eigenvalue weighted by atomic mass is 10.1. The minimum Gasteiger partial charge on any atom is -0.468 e. The van der Waals surface area contributed by atoms with Crippen molar-refractivity contribution in [2.24, 2.45) is 0 Å². The molecular weight excluding hydrogens is 304 g/mol. The Morgan fingerprint density at radius 2 is 2.21 bits per heavy atom. The standard InChI is InChI=1S/C19H24N2O3/c1-14(20-17(13-23-2)18-8-5-11-24-18)15-6-3-7-16(12-15)21-10-4-9-19(21)22/h3,5-8,11-12,14,17,20H,4,9-10,13H2,1-2H3/t14-,17+/m1/s1. The van der Waals surface area contributed by atoms with E-state index in [0.717, 1.165) is 30.0 Å². The van der Waals surface area contributed by atoms with Crippen LogP contribution in [0.2, 0.25) is 0 Å². The van der Waals surface area contributed by atoms with Crippen LogP contribution in [0, 0.1) is 0 Å². The number of carbonyl (C=O) groups is 1. The van der Waals surface area contributed by atoms with Crippen LogP contribution < -0.4 is 10.2 Å². The van der Waals surface area contributed by atoms with Crippen molar-refractivity contribution in [3.8, 4) is 0 Å². The fraction of sp³-hybridized carbons (Fsp3) is 0.421. The maximum absolute atomic E-state index is 12.0. The van der Waals surface area contributed by atoms with Crippen LogP contribution >= 0.6 is 0 Å². The van der Waals surface area contributed by atoms with Crippen LogP contribution in [0.3, 0.4) is 0 Å². The predicted octanol–water partition coefficient (Wildman–Crippen LogP) is 3.44. The second-order valence-corrected chi connectivity index (χ2v) is 6.16. The SMILES string of the molecule is COC[C@H](N[C@H](C)c1cccc(N2CCCC2=O)c1)c1ccco1. The highest BCUT2D eigenvalue weighted by atomic mass is 16.5. The van der Waals surface area contributed by atoms with E-state index in [9.17, 15) is 4.79 Å². The summed E-state index contributed by atoms with van der Waals surface area (Å²) in [5.74, 6) is 1.06. The summed E-state index contributed by atoms with van der Waals surface area (Å²) in [5, 5.41) is 3.54. The second kappa shape index (κ2) is 7.64. The van der Waals surface area contributed by atoms with Crippen molar-refractivity contribution in [2.75, 3.05) is 25.2 Å². The van der Waals surface area contributed by atoms with Crippen molar-refractivity contribution in [3.63, 3.8) is 0 Å². The van der Waals surface area contributed by atoms with Gasteiger partial charge in [-0.1, -0.05) is 12.1 Å². The molecule has 5 heteroatoms. The van der Waals surface area contributed by atoms with Crippen molar-refractivity contribution in [1.29, 1.82) is 0 Å². The Morgan fingerprint density at radius 1 is 1.33 bits per heavy atom. The van der Waals surface area contributed by atoms with Gasteiger partial charge in [0.2, 0.25) is 5.91 Å². The van der Waals surface area contributed by atoms with E-state index in [1.165, 1.54) is 0 Å². The van der Waals surface area contributed by atoms with Gasteiger partial charge in [-0.25, -0.2) is 0 Å². The topological polar surface area (TPSA) is 54.7 Å². The third kappa shape index (κ3) is 3.68. The number of rotatable bonds is 7. The number of ether oxygens (including phenoxy) is 1. The molecule has 0 aliphatic carbocycles. The lowest BCUT2D eigenvalue weighted by Gasteiger charge is -2.23. The molecule has 2 heterocycles. The number of benzene rings is 1. The Morgan fingerprint density at radius 3 is 2.88 bits per heavy atom. The van der Waals surface area contributed by atoms with E-state index in [2.05, 4.69) is 24.4 Å². The summed E-state index contributed by atoms with van der Waals surface area (Å²) in [6.07, 6.45) is 3.25. The van der Waals surface area contributed by atoms with Crippen LogP contribution in [0.5, 0.6) is 0 Å². The fourth-order valence-corrected chi connectivity index (χ4v) is 3.15. The van der Waals surface area contributed by atoms with Gasteiger partial charge in [0.15, 0.2) is 0 Å². The summed E-state index contributed by atoms with van der Waals surface area (Å²) < 4.78 is 10.8. The van der Waals surface area contributed by atoms with E-state index in [-0.39, 0.29) is 18.0 Å². The van der Waals surface area contributed by atoms with Gasteiger partial charge in [0.1, 0.15) is 5.76 Å². The van der Waals surface area contributed by atoms with E-state index in [1.807, 2.05) is 29.2 Å². The Balaban J connectivity index is 1.74. The molecule has 1 aliphatic heterocycles. The summed E-state index contributed by atoms with van der Waals surface area (Å²) in [4.78, 5) is 13.8. The lowest BCUT2D eigenvalue weighted by molar-refractivity contribution is -0.117. The van der Waals surface area contributed by atoms with E-state index < -0.39 is 0 Å². The molecule has 0 spiro atoms. The maximum atomic E-state index is 12.0.